The van der Waals surface area contributed by atoms with Crippen molar-refractivity contribution in [1.82, 2.24) is 4.98 Å². The van der Waals surface area contributed by atoms with Crippen LogP contribution in [0.5, 0.6) is 5.75 Å². The molecule has 0 radical (unpaired) electrons. The Bertz CT molecular complexity index is 544. The normalized spacial score (nSPS) is 11.1. The van der Waals surface area contributed by atoms with Crippen molar-refractivity contribution in [1.29, 1.82) is 0 Å². The first-order valence-electron chi connectivity index (χ1n) is 5.11. The fourth-order valence-electron chi connectivity index (χ4n) is 1.34. The zero-order valence-electron chi connectivity index (χ0n) is 10.4. The molecule has 0 amide bonds. The van der Waals surface area contributed by atoms with Crippen LogP contribution in [-0.2, 0) is 16.0 Å². The summed E-state index contributed by atoms with van der Waals surface area (Å²) in [6.45, 7) is 1.06. The van der Waals surface area contributed by atoms with Crippen LogP contribution in [-0.4, -0.2) is 29.3 Å². The van der Waals surface area contributed by atoms with Gasteiger partial charge in [-0.2, -0.15) is 0 Å². The maximum absolute atomic E-state index is 12.2. The van der Waals surface area contributed by atoms with Gasteiger partial charge in [0, 0.05) is 6.07 Å². The summed E-state index contributed by atoms with van der Waals surface area (Å²) in [6.07, 6.45) is -5.52. The van der Waals surface area contributed by atoms with E-state index in [2.05, 4.69) is 14.5 Å². The minimum absolute atomic E-state index is 0.256. The molecule has 1 rings (SSSR count). The fraction of sp³-hybridized carbons (Fsp3) is 0.400. The molecule has 0 aliphatic carbocycles. The minimum Gasteiger partial charge on any atom is -0.469 e. The number of esters is 1. The monoisotopic (exact) mass is 294 g/mol. The van der Waals surface area contributed by atoms with Crippen LogP contribution < -0.4 is 4.74 Å². The van der Waals surface area contributed by atoms with E-state index in [-0.39, 0.29) is 11.3 Å². The van der Waals surface area contributed by atoms with E-state index in [1.807, 2.05) is 0 Å². The van der Waals surface area contributed by atoms with E-state index in [1.165, 1.54) is 0 Å². The summed E-state index contributed by atoms with van der Waals surface area (Å²) in [4.78, 5) is 24.3. The molecule has 0 aliphatic rings. The van der Waals surface area contributed by atoms with Crippen LogP contribution in [0.4, 0.5) is 19.0 Å². The van der Waals surface area contributed by atoms with Crippen LogP contribution in [0.2, 0.25) is 0 Å². The average molecular weight is 294 g/mol. The van der Waals surface area contributed by atoms with Gasteiger partial charge in [0.1, 0.15) is 12.2 Å². The first-order valence-corrected chi connectivity index (χ1v) is 5.11. The molecule has 20 heavy (non-hydrogen) atoms. The van der Waals surface area contributed by atoms with Crippen molar-refractivity contribution < 1.29 is 32.4 Å². The Morgan fingerprint density at radius 3 is 2.55 bits per heavy atom. The number of carbonyl (C=O) groups excluding carboxylic acids is 1. The van der Waals surface area contributed by atoms with Gasteiger partial charge in [0.05, 0.1) is 12.7 Å². The molecule has 1 heterocycles. The highest BCUT2D eigenvalue weighted by Gasteiger charge is 2.34. The molecule has 0 aromatic carbocycles. The number of alkyl halides is 3. The number of halogens is 3. The lowest BCUT2D eigenvalue weighted by Crippen LogP contribution is -2.19. The van der Waals surface area contributed by atoms with Crippen LogP contribution in [0.15, 0.2) is 6.07 Å². The highest BCUT2D eigenvalue weighted by molar-refractivity contribution is 5.72. The zero-order valence-corrected chi connectivity index (χ0v) is 10.4. The van der Waals surface area contributed by atoms with E-state index in [0.717, 1.165) is 20.1 Å². The van der Waals surface area contributed by atoms with E-state index >= 15 is 0 Å². The third-order valence-corrected chi connectivity index (χ3v) is 2.20. The topological polar surface area (TPSA) is 91.6 Å². The number of aromatic nitrogens is 1. The molecule has 0 atom stereocenters. The number of nitrogens with zero attached hydrogens (tertiary/aromatic N) is 2. The van der Waals surface area contributed by atoms with Gasteiger partial charge in [0.2, 0.25) is 0 Å². The van der Waals surface area contributed by atoms with Crippen molar-refractivity contribution in [2.45, 2.75) is 19.7 Å². The summed E-state index contributed by atoms with van der Waals surface area (Å²) in [7, 11) is 1.07. The van der Waals surface area contributed by atoms with E-state index in [1.54, 1.807) is 0 Å². The lowest BCUT2D eigenvalue weighted by molar-refractivity contribution is -0.390. The molecular formula is C10H9F3N2O5. The summed E-state index contributed by atoms with van der Waals surface area (Å²) in [5, 5.41) is 10.7. The number of ether oxygens (including phenoxy) is 2. The van der Waals surface area contributed by atoms with Gasteiger partial charge in [0.15, 0.2) is 5.69 Å². The van der Waals surface area contributed by atoms with Crippen LogP contribution in [0.25, 0.3) is 0 Å². The van der Waals surface area contributed by atoms with Gasteiger partial charge in [0.25, 0.3) is 0 Å². The first kappa shape index (κ1) is 15.7. The van der Waals surface area contributed by atoms with Crippen molar-refractivity contribution in [3.63, 3.8) is 0 Å². The Hall–Kier alpha value is -2.39. The van der Waals surface area contributed by atoms with E-state index in [4.69, 9.17) is 0 Å². The van der Waals surface area contributed by atoms with Crippen molar-refractivity contribution in [3.8, 4) is 5.75 Å². The molecule has 0 fully saturated rings. The van der Waals surface area contributed by atoms with Gasteiger partial charge < -0.3 is 19.6 Å². The largest absolute Gasteiger partial charge is 0.573 e. The van der Waals surface area contributed by atoms with Gasteiger partial charge in [-0.15, -0.1) is 13.2 Å². The Labute approximate surface area is 110 Å². The summed E-state index contributed by atoms with van der Waals surface area (Å²) in [5.41, 5.74) is -0.644. The summed E-state index contributed by atoms with van der Waals surface area (Å²) >= 11 is 0. The molecule has 0 aliphatic heterocycles. The highest BCUT2D eigenvalue weighted by Crippen LogP contribution is 2.31. The Morgan fingerprint density at radius 2 is 2.10 bits per heavy atom. The average Bonchev–Trinajstić information content (AvgIpc) is 2.30. The molecule has 0 unspecified atom stereocenters. The molecule has 0 spiro atoms. The van der Waals surface area contributed by atoms with Crippen LogP contribution in [0, 0.1) is 17.0 Å². The van der Waals surface area contributed by atoms with Crippen LogP contribution in [0.3, 0.4) is 0 Å². The predicted octanol–water partition coefficient (Wildman–Crippen LogP) is 1.91. The molecule has 1 aromatic rings. The van der Waals surface area contributed by atoms with Gasteiger partial charge >= 0.3 is 18.1 Å². The standard InChI is InChI=1S/C10H9F3N2O5/c1-5-7(20-10(11,12)13)3-6(4-8(16)19-2)14-9(5)15(17)18/h3H,4H2,1-2H3. The third kappa shape index (κ3) is 4.07. The summed E-state index contributed by atoms with van der Waals surface area (Å²) < 4.78 is 44.6. The van der Waals surface area contributed by atoms with Crippen molar-refractivity contribution in [3.05, 3.63) is 27.4 Å². The number of pyridine rings is 1. The Kier molecular flexibility index (Phi) is 4.48. The third-order valence-electron chi connectivity index (χ3n) is 2.20. The number of hydrogen-bond acceptors (Lipinski definition) is 6. The van der Waals surface area contributed by atoms with E-state index in [9.17, 15) is 28.1 Å². The number of methoxy groups -OCH3 is 1. The van der Waals surface area contributed by atoms with Crippen molar-refractivity contribution in [2.75, 3.05) is 7.11 Å². The van der Waals surface area contributed by atoms with E-state index < -0.39 is 35.2 Å². The van der Waals surface area contributed by atoms with Gasteiger partial charge in [-0.05, 0) is 16.8 Å². The van der Waals surface area contributed by atoms with Gasteiger partial charge in [-0.3, -0.25) is 4.79 Å². The second-order valence-electron chi connectivity index (χ2n) is 3.62. The van der Waals surface area contributed by atoms with Gasteiger partial charge in [-0.25, -0.2) is 0 Å². The molecule has 10 heteroatoms. The summed E-state index contributed by atoms with van der Waals surface area (Å²) in [5.74, 6) is -2.39. The summed E-state index contributed by atoms with van der Waals surface area (Å²) in [6, 6.07) is 0.812. The smallest absolute Gasteiger partial charge is 0.469 e. The maximum Gasteiger partial charge on any atom is 0.573 e. The number of hydrogen-bond donors (Lipinski definition) is 0. The first-order chi connectivity index (χ1) is 9.14. The van der Waals surface area contributed by atoms with Crippen LogP contribution in [0.1, 0.15) is 11.3 Å². The SMILES string of the molecule is COC(=O)Cc1cc(OC(F)(F)F)c(C)c([N+](=O)[O-])n1. The van der Waals surface area contributed by atoms with Crippen molar-refractivity contribution >= 4 is 11.8 Å². The highest BCUT2D eigenvalue weighted by atomic mass is 19.4. The number of carbonyl (C=O) groups is 1. The maximum atomic E-state index is 12.2. The van der Waals surface area contributed by atoms with Crippen LogP contribution >= 0.6 is 0 Å². The molecule has 7 nitrogen and oxygen atoms in total. The molecule has 0 N–H and O–H groups in total. The van der Waals surface area contributed by atoms with Crippen molar-refractivity contribution in [2.24, 2.45) is 0 Å². The van der Waals surface area contributed by atoms with E-state index in [0.29, 0.717) is 0 Å². The second-order valence-corrected chi connectivity index (χ2v) is 3.62. The quantitative estimate of drug-likeness (QED) is 0.478. The molecule has 110 valence electrons. The van der Waals surface area contributed by atoms with Gasteiger partial charge in [-0.1, -0.05) is 0 Å². The predicted molar refractivity (Wildman–Crippen MR) is 58.0 cm³/mol. The lowest BCUT2D eigenvalue weighted by atomic mass is 10.2. The zero-order chi connectivity index (χ0) is 15.5. The number of nitro groups is 1. The molecule has 1 aromatic heterocycles. The number of rotatable bonds is 4. The molecular weight excluding hydrogens is 285 g/mol. The lowest BCUT2D eigenvalue weighted by Gasteiger charge is -2.11. The fourth-order valence-corrected chi connectivity index (χ4v) is 1.34. The molecule has 0 saturated carbocycles. The second kappa shape index (κ2) is 5.72. The minimum atomic E-state index is -5.01. The molecule has 0 bridgehead atoms. The molecule has 0 saturated heterocycles. The Balaban J connectivity index is 3.27. The Morgan fingerprint density at radius 1 is 1.50 bits per heavy atom.